The Balaban J connectivity index is 1.50. The first-order chi connectivity index (χ1) is 12.5. The highest BCUT2D eigenvalue weighted by Gasteiger charge is 2.23. The first-order valence-electron chi connectivity index (χ1n) is 8.71. The minimum atomic E-state index is -0.403. The van der Waals surface area contributed by atoms with Crippen molar-refractivity contribution >= 4 is 28.9 Å². The molecule has 1 heterocycles. The summed E-state index contributed by atoms with van der Waals surface area (Å²) in [5.74, 6) is -0.636. The number of halogens is 1. The van der Waals surface area contributed by atoms with Crippen LogP contribution in [0.3, 0.4) is 0 Å². The van der Waals surface area contributed by atoms with Crippen molar-refractivity contribution < 1.29 is 9.18 Å². The van der Waals surface area contributed by atoms with Gasteiger partial charge in [0.2, 0.25) is 0 Å². The topological polar surface area (TPSA) is 44.4 Å². The van der Waals surface area contributed by atoms with E-state index in [4.69, 9.17) is 12.2 Å². The van der Waals surface area contributed by atoms with Crippen LogP contribution in [0.2, 0.25) is 0 Å². The minimum Gasteiger partial charge on any atom is -0.349 e. The highest BCUT2D eigenvalue weighted by molar-refractivity contribution is 7.80. The molecule has 1 amide bonds. The number of para-hydroxylation sites is 1. The number of aryl methyl sites for hydroxylation is 1. The van der Waals surface area contributed by atoms with Crippen LogP contribution in [0, 0.1) is 12.7 Å². The zero-order valence-corrected chi connectivity index (χ0v) is 15.5. The van der Waals surface area contributed by atoms with E-state index in [9.17, 15) is 9.18 Å². The molecule has 2 aromatic carbocycles. The summed E-state index contributed by atoms with van der Waals surface area (Å²) in [6.45, 7) is 3.58. The van der Waals surface area contributed by atoms with Gasteiger partial charge in [-0.05, 0) is 61.8 Å². The SMILES string of the molecule is Cc1ccccc1NC(=S)N1CCC(NC(=O)c2cccc(F)c2)CC1. The zero-order valence-electron chi connectivity index (χ0n) is 14.7. The molecule has 3 rings (SSSR count). The summed E-state index contributed by atoms with van der Waals surface area (Å²) in [6.07, 6.45) is 1.60. The zero-order chi connectivity index (χ0) is 18.5. The van der Waals surface area contributed by atoms with E-state index >= 15 is 0 Å². The molecule has 0 atom stereocenters. The Morgan fingerprint density at radius 3 is 2.58 bits per heavy atom. The third-order valence-electron chi connectivity index (χ3n) is 4.59. The highest BCUT2D eigenvalue weighted by atomic mass is 32.1. The standard InChI is InChI=1S/C20H22FN3OS/c1-14-5-2-3-8-18(14)23-20(26)24-11-9-17(10-12-24)22-19(25)15-6-4-7-16(21)13-15/h2-8,13,17H,9-12H2,1H3,(H,22,25)(H,23,26). The van der Waals surface area contributed by atoms with Crippen molar-refractivity contribution in [1.82, 2.24) is 10.2 Å². The van der Waals surface area contributed by atoms with E-state index in [0.717, 1.165) is 37.2 Å². The Bertz CT molecular complexity index is 803. The third-order valence-corrected chi connectivity index (χ3v) is 4.95. The van der Waals surface area contributed by atoms with Crippen LogP contribution >= 0.6 is 12.2 Å². The highest BCUT2D eigenvalue weighted by Crippen LogP contribution is 2.17. The van der Waals surface area contributed by atoms with Gasteiger partial charge in [0, 0.05) is 30.4 Å². The molecule has 26 heavy (non-hydrogen) atoms. The number of benzene rings is 2. The first kappa shape index (κ1) is 18.3. The van der Waals surface area contributed by atoms with Gasteiger partial charge in [0.1, 0.15) is 5.82 Å². The largest absolute Gasteiger partial charge is 0.349 e. The Morgan fingerprint density at radius 2 is 1.88 bits per heavy atom. The van der Waals surface area contributed by atoms with Crippen LogP contribution in [0.15, 0.2) is 48.5 Å². The number of nitrogens with one attached hydrogen (secondary N) is 2. The quantitative estimate of drug-likeness (QED) is 0.807. The van der Waals surface area contributed by atoms with Gasteiger partial charge in [-0.15, -0.1) is 0 Å². The fourth-order valence-corrected chi connectivity index (χ4v) is 3.33. The number of amides is 1. The van der Waals surface area contributed by atoms with E-state index in [1.807, 2.05) is 31.2 Å². The van der Waals surface area contributed by atoms with E-state index in [-0.39, 0.29) is 11.9 Å². The second-order valence-electron chi connectivity index (χ2n) is 6.49. The van der Waals surface area contributed by atoms with E-state index in [2.05, 4.69) is 15.5 Å². The number of thiocarbonyl (C=S) groups is 1. The van der Waals surface area contributed by atoms with Crippen LogP contribution in [0.1, 0.15) is 28.8 Å². The summed E-state index contributed by atoms with van der Waals surface area (Å²) in [5.41, 5.74) is 2.51. The molecule has 0 aliphatic carbocycles. The lowest BCUT2D eigenvalue weighted by atomic mass is 10.0. The van der Waals surface area contributed by atoms with E-state index in [1.165, 1.54) is 12.1 Å². The number of likely N-dealkylation sites (tertiary alicyclic amines) is 1. The van der Waals surface area contributed by atoms with E-state index in [1.54, 1.807) is 12.1 Å². The average Bonchev–Trinajstić information content (AvgIpc) is 2.64. The summed E-state index contributed by atoms with van der Waals surface area (Å²) in [7, 11) is 0. The lowest BCUT2D eigenvalue weighted by Crippen LogP contribution is -2.47. The number of rotatable bonds is 3. The summed E-state index contributed by atoms with van der Waals surface area (Å²) in [4.78, 5) is 14.3. The minimum absolute atomic E-state index is 0.0725. The number of hydrogen-bond donors (Lipinski definition) is 2. The predicted octanol–water partition coefficient (Wildman–Crippen LogP) is 3.73. The summed E-state index contributed by atoms with van der Waals surface area (Å²) in [6, 6.07) is 13.8. The number of anilines is 1. The fourth-order valence-electron chi connectivity index (χ4n) is 3.03. The van der Waals surface area contributed by atoms with Gasteiger partial charge in [0.15, 0.2) is 5.11 Å². The molecule has 1 saturated heterocycles. The maximum Gasteiger partial charge on any atom is 0.251 e. The van der Waals surface area contributed by atoms with Crippen molar-refractivity contribution in [2.24, 2.45) is 0 Å². The van der Waals surface area contributed by atoms with Crippen LogP contribution in [0.5, 0.6) is 0 Å². The molecule has 0 saturated carbocycles. The molecule has 2 N–H and O–H groups in total. The average molecular weight is 371 g/mol. The maximum absolute atomic E-state index is 13.2. The molecule has 0 aromatic heterocycles. The van der Waals surface area contributed by atoms with Crippen molar-refractivity contribution in [2.45, 2.75) is 25.8 Å². The van der Waals surface area contributed by atoms with Crippen molar-refractivity contribution in [3.05, 3.63) is 65.5 Å². The van der Waals surface area contributed by atoms with Crippen LogP contribution < -0.4 is 10.6 Å². The Kier molecular flexibility index (Phi) is 5.83. The molecule has 0 radical (unpaired) electrons. The van der Waals surface area contributed by atoms with Crippen LogP contribution in [0.4, 0.5) is 10.1 Å². The van der Waals surface area contributed by atoms with Gasteiger partial charge in [0.25, 0.3) is 5.91 Å². The van der Waals surface area contributed by atoms with Gasteiger partial charge in [-0.1, -0.05) is 24.3 Å². The van der Waals surface area contributed by atoms with Gasteiger partial charge < -0.3 is 15.5 Å². The van der Waals surface area contributed by atoms with Crippen molar-refractivity contribution in [2.75, 3.05) is 18.4 Å². The molecule has 0 bridgehead atoms. The first-order valence-corrected chi connectivity index (χ1v) is 9.12. The summed E-state index contributed by atoms with van der Waals surface area (Å²) in [5, 5.41) is 6.98. The molecular weight excluding hydrogens is 349 g/mol. The maximum atomic E-state index is 13.2. The summed E-state index contributed by atoms with van der Waals surface area (Å²) >= 11 is 5.52. The van der Waals surface area contributed by atoms with Crippen molar-refractivity contribution in [3.8, 4) is 0 Å². The molecule has 1 aliphatic heterocycles. The van der Waals surface area contributed by atoms with Gasteiger partial charge >= 0.3 is 0 Å². The van der Waals surface area contributed by atoms with E-state index in [0.29, 0.717) is 10.7 Å². The predicted molar refractivity (Wildman–Crippen MR) is 106 cm³/mol. The second-order valence-corrected chi connectivity index (χ2v) is 6.88. The number of carbonyl (C=O) groups excluding carboxylic acids is 1. The lowest BCUT2D eigenvalue weighted by Gasteiger charge is -2.34. The Morgan fingerprint density at radius 1 is 1.15 bits per heavy atom. The molecule has 0 spiro atoms. The smallest absolute Gasteiger partial charge is 0.251 e. The number of hydrogen-bond acceptors (Lipinski definition) is 2. The third kappa shape index (κ3) is 4.58. The number of piperidine rings is 1. The van der Waals surface area contributed by atoms with Crippen LogP contribution in [-0.2, 0) is 0 Å². The number of nitrogens with zero attached hydrogens (tertiary/aromatic N) is 1. The molecule has 136 valence electrons. The van der Waals surface area contributed by atoms with Crippen molar-refractivity contribution in [3.63, 3.8) is 0 Å². The molecule has 4 nitrogen and oxygen atoms in total. The van der Waals surface area contributed by atoms with Gasteiger partial charge in [0.05, 0.1) is 0 Å². The Labute approximate surface area is 158 Å². The van der Waals surface area contributed by atoms with E-state index < -0.39 is 5.82 Å². The van der Waals surface area contributed by atoms with Gasteiger partial charge in [-0.3, -0.25) is 4.79 Å². The normalized spacial score (nSPS) is 14.8. The lowest BCUT2D eigenvalue weighted by molar-refractivity contribution is 0.0922. The van der Waals surface area contributed by atoms with Gasteiger partial charge in [-0.2, -0.15) is 0 Å². The summed E-state index contributed by atoms with van der Waals surface area (Å²) < 4.78 is 13.2. The molecule has 0 unspecified atom stereocenters. The van der Waals surface area contributed by atoms with Crippen LogP contribution in [0.25, 0.3) is 0 Å². The molecule has 6 heteroatoms. The van der Waals surface area contributed by atoms with Crippen LogP contribution in [-0.4, -0.2) is 35.1 Å². The second kappa shape index (κ2) is 8.27. The number of carbonyl (C=O) groups is 1. The molecule has 1 aliphatic rings. The molecular formula is C20H22FN3OS. The monoisotopic (exact) mass is 371 g/mol. The molecule has 2 aromatic rings. The molecule has 1 fully saturated rings. The van der Waals surface area contributed by atoms with Crippen molar-refractivity contribution in [1.29, 1.82) is 0 Å². The fraction of sp³-hybridized carbons (Fsp3) is 0.300. The Hall–Kier alpha value is -2.47. The van der Waals surface area contributed by atoms with Gasteiger partial charge in [-0.25, -0.2) is 4.39 Å².